The molecule has 0 saturated heterocycles. The Bertz CT molecular complexity index is 1450. The summed E-state index contributed by atoms with van der Waals surface area (Å²) in [4.78, 5) is 28.8. The van der Waals surface area contributed by atoms with Gasteiger partial charge in [-0.15, -0.1) is 0 Å². The lowest BCUT2D eigenvalue weighted by atomic mass is 10.1. The summed E-state index contributed by atoms with van der Waals surface area (Å²) in [6.45, 7) is 10.9. The molecule has 0 radical (unpaired) electrons. The second-order valence-electron chi connectivity index (χ2n) is 11.1. The Morgan fingerprint density at radius 2 is 1.52 bits per heavy atom. The van der Waals surface area contributed by atoms with E-state index in [9.17, 15) is 22.4 Å². The van der Waals surface area contributed by atoms with Gasteiger partial charge in [-0.3, -0.25) is 13.9 Å². The van der Waals surface area contributed by atoms with Crippen molar-refractivity contribution in [3.05, 3.63) is 89.7 Å². The number of nitrogens with one attached hydrogen (secondary N) is 1. The van der Waals surface area contributed by atoms with Crippen molar-refractivity contribution in [1.82, 2.24) is 10.2 Å². The Labute approximate surface area is 248 Å². The van der Waals surface area contributed by atoms with Crippen LogP contribution in [0.15, 0.2) is 77.7 Å². The highest BCUT2D eigenvalue weighted by atomic mass is 32.2. The maximum atomic E-state index is 14.1. The van der Waals surface area contributed by atoms with Gasteiger partial charge < -0.3 is 15.0 Å². The monoisotopic (exact) mass is 597 g/mol. The zero-order chi connectivity index (χ0) is 31.1. The van der Waals surface area contributed by atoms with Gasteiger partial charge in [0, 0.05) is 12.1 Å². The van der Waals surface area contributed by atoms with Gasteiger partial charge in [0.2, 0.25) is 11.8 Å². The number of aryl methyl sites for hydroxylation is 1. The van der Waals surface area contributed by atoms with E-state index in [-0.39, 0.29) is 23.8 Å². The topological polar surface area (TPSA) is 96.0 Å². The normalized spacial score (nSPS) is 12.4. The van der Waals surface area contributed by atoms with Crippen molar-refractivity contribution in [1.29, 1.82) is 0 Å². The van der Waals surface area contributed by atoms with Gasteiger partial charge in [0.05, 0.1) is 17.2 Å². The molecule has 3 aromatic carbocycles. The number of rotatable bonds is 12. The van der Waals surface area contributed by atoms with Crippen LogP contribution in [0.3, 0.4) is 0 Å². The second kappa shape index (κ2) is 13.8. The molecule has 10 heteroatoms. The number of hydrogen-bond donors (Lipinski definition) is 1. The fourth-order valence-corrected chi connectivity index (χ4v) is 5.81. The van der Waals surface area contributed by atoms with Crippen LogP contribution in [0, 0.1) is 12.7 Å². The third-order valence-electron chi connectivity index (χ3n) is 6.47. The first-order chi connectivity index (χ1) is 19.7. The fourth-order valence-electron chi connectivity index (χ4n) is 4.40. The molecule has 1 atom stereocenters. The lowest BCUT2D eigenvalue weighted by Crippen LogP contribution is -2.55. The first kappa shape index (κ1) is 32.6. The molecule has 0 aliphatic carbocycles. The van der Waals surface area contributed by atoms with Gasteiger partial charge in [0.25, 0.3) is 10.0 Å². The van der Waals surface area contributed by atoms with Gasteiger partial charge in [-0.25, -0.2) is 12.8 Å². The SMILES string of the molecule is CCOc1ccc(S(=O)(=O)N(CC(=O)N(Cc2ccc(F)cc2)C(CC)C(=O)NC(C)(C)C)c2ccc(C)cc2)cc1. The van der Waals surface area contributed by atoms with Crippen LogP contribution in [-0.2, 0) is 26.2 Å². The molecular formula is C32H40FN3O5S. The number of ether oxygens (including phenoxy) is 1. The molecule has 0 saturated carbocycles. The highest BCUT2D eigenvalue weighted by molar-refractivity contribution is 7.92. The minimum atomic E-state index is -4.21. The molecule has 3 aromatic rings. The van der Waals surface area contributed by atoms with Crippen LogP contribution in [0.2, 0.25) is 0 Å². The van der Waals surface area contributed by atoms with E-state index in [0.29, 0.717) is 23.6 Å². The van der Waals surface area contributed by atoms with Crippen LogP contribution in [0.4, 0.5) is 10.1 Å². The third-order valence-corrected chi connectivity index (χ3v) is 8.26. The fraction of sp³-hybridized carbons (Fsp3) is 0.375. The van der Waals surface area contributed by atoms with Gasteiger partial charge >= 0.3 is 0 Å². The van der Waals surface area contributed by atoms with Crippen LogP contribution in [-0.4, -0.2) is 49.9 Å². The predicted molar refractivity (Wildman–Crippen MR) is 162 cm³/mol. The van der Waals surface area contributed by atoms with Crippen molar-refractivity contribution >= 4 is 27.5 Å². The molecule has 0 aromatic heterocycles. The second-order valence-corrected chi connectivity index (χ2v) is 12.9. The molecular weight excluding hydrogens is 557 g/mol. The maximum absolute atomic E-state index is 14.1. The molecule has 3 rings (SSSR count). The Hall–Kier alpha value is -3.92. The van der Waals surface area contributed by atoms with Gasteiger partial charge in [-0.1, -0.05) is 36.8 Å². The molecule has 0 heterocycles. The smallest absolute Gasteiger partial charge is 0.264 e. The average Bonchev–Trinajstić information content (AvgIpc) is 2.92. The van der Waals surface area contributed by atoms with Crippen LogP contribution in [0.5, 0.6) is 5.75 Å². The van der Waals surface area contributed by atoms with E-state index < -0.39 is 39.9 Å². The maximum Gasteiger partial charge on any atom is 0.264 e. The van der Waals surface area contributed by atoms with E-state index in [1.165, 1.54) is 29.2 Å². The van der Waals surface area contributed by atoms with Gasteiger partial charge in [-0.05, 0) is 95.1 Å². The van der Waals surface area contributed by atoms with Gasteiger partial charge in [-0.2, -0.15) is 0 Å². The zero-order valence-electron chi connectivity index (χ0n) is 25.1. The summed E-state index contributed by atoms with van der Waals surface area (Å²) in [5.74, 6) is -0.848. The van der Waals surface area contributed by atoms with E-state index in [1.807, 2.05) is 34.6 Å². The number of carbonyl (C=O) groups is 2. The van der Waals surface area contributed by atoms with E-state index >= 15 is 0 Å². The van der Waals surface area contributed by atoms with Crippen molar-refractivity contribution < 1.29 is 27.1 Å². The summed E-state index contributed by atoms with van der Waals surface area (Å²) in [7, 11) is -4.21. The van der Waals surface area contributed by atoms with E-state index in [2.05, 4.69) is 5.32 Å². The highest BCUT2D eigenvalue weighted by Crippen LogP contribution is 2.27. The summed E-state index contributed by atoms with van der Waals surface area (Å²) in [6.07, 6.45) is 0.283. The van der Waals surface area contributed by atoms with Crippen LogP contribution in [0.25, 0.3) is 0 Å². The minimum absolute atomic E-state index is 0.0121. The molecule has 0 spiro atoms. The summed E-state index contributed by atoms with van der Waals surface area (Å²) in [5.41, 5.74) is 1.27. The third kappa shape index (κ3) is 8.55. The molecule has 0 bridgehead atoms. The molecule has 0 fully saturated rings. The summed E-state index contributed by atoms with van der Waals surface area (Å²) >= 11 is 0. The number of amides is 2. The molecule has 42 heavy (non-hydrogen) atoms. The Kier molecular flexibility index (Phi) is 10.7. The minimum Gasteiger partial charge on any atom is -0.494 e. The number of carbonyl (C=O) groups excluding carboxylic acids is 2. The molecule has 0 aliphatic rings. The number of nitrogens with zero attached hydrogens (tertiary/aromatic N) is 2. The molecule has 0 aliphatic heterocycles. The largest absolute Gasteiger partial charge is 0.494 e. The number of hydrogen-bond acceptors (Lipinski definition) is 5. The summed E-state index contributed by atoms with van der Waals surface area (Å²) in [6, 6.07) is 17.6. The van der Waals surface area contributed by atoms with Crippen LogP contribution in [0.1, 0.15) is 52.2 Å². The number of sulfonamides is 1. The number of halogens is 1. The average molecular weight is 598 g/mol. The molecule has 8 nitrogen and oxygen atoms in total. The Balaban J connectivity index is 2.05. The molecule has 1 unspecified atom stereocenters. The summed E-state index contributed by atoms with van der Waals surface area (Å²) in [5, 5.41) is 2.93. The molecule has 226 valence electrons. The lowest BCUT2D eigenvalue weighted by molar-refractivity contribution is -0.141. The predicted octanol–water partition coefficient (Wildman–Crippen LogP) is 5.45. The molecule has 2 amide bonds. The summed E-state index contributed by atoms with van der Waals surface area (Å²) < 4.78 is 48.1. The van der Waals surface area contributed by atoms with Crippen molar-refractivity contribution in [2.75, 3.05) is 17.5 Å². The highest BCUT2D eigenvalue weighted by Gasteiger charge is 2.34. The Morgan fingerprint density at radius 3 is 2.05 bits per heavy atom. The number of anilines is 1. The first-order valence-corrected chi connectivity index (χ1v) is 15.4. The van der Waals surface area contributed by atoms with Crippen molar-refractivity contribution in [2.45, 2.75) is 71.0 Å². The van der Waals surface area contributed by atoms with E-state index in [1.54, 1.807) is 55.5 Å². The van der Waals surface area contributed by atoms with E-state index in [4.69, 9.17) is 4.74 Å². The number of benzene rings is 3. The first-order valence-electron chi connectivity index (χ1n) is 13.9. The Morgan fingerprint density at radius 1 is 0.929 bits per heavy atom. The quantitative estimate of drug-likeness (QED) is 0.300. The van der Waals surface area contributed by atoms with Gasteiger partial charge in [0.1, 0.15) is 24.2 Å². The van der Waals surface area contributed by atoms with Crippen LogP contribution < -0.4 is 14.4 Å². The zero-order valence-corrected chi connectivity index (χ0v) is 25.9. The van der Waals surface area contributed by atoms with Crippen molar-refractivity contribution in [2.24, 2.45) is 0 Å². The standard InChI is InChI=1S/C32H40FN3O5S/c1-7-29(31(38)34-32(4,5)6)35(21-24-11-13-25(33)14-12-24)30(37)22-36(26-15-9-23(3)10-16-26)42(39,40)28-19-17-27(18-20-28)41-8-2/h9-20,29H,7-8,21-22H2,1-6H3,(H,34,38). The van der Waals surface area contributed by atoms with E-state index in [0.717, 1.165) is 9.87 Å². The van der Waals surface area contributed by atoms with Crippen LogP contribution >= 0.6 is 0 Å². The molecule has 1 N–H and O–H groups in total. The van der Waals surface area contributed by atoms with Gasteiger partial charge in [0.15, 0.2) is 0 Å². The van der Waals surface area contributed by atoms with Crippen molar-refractivity contribution in [3.63, 3.8) is 0 Å². The lowest BCUT2D eigenvalue weighted by Gasteiger charge is -2.34. The van der Waals surface area contributed by atoms with Crippen molar-refractivity contribution in [3.8, 4) is 5.75 Å².